The highest BCUT2D eigenvalue weighted by atomic mass is 19.1. The van der Waals surface area contributed by atoms with Crippen molar-refractivity contribution in [1.82, 2.24) is 9.88 Å². The highest BCUT2D eigenvalue weighted by molar-refractivity contribution is 5.94. The molecule has 2 N–H and O–H groups in total. The number of rotatable bonds is 4. The lowest BCUT2D eigenvalue weighted by Gasteiger charge is -2.16. The average Bonchev–Trinajstić information content (AvgIpc) is 2.93. The van der Waals surface area contributed by atoms with Crippen molar-refractivity contribution in [3.63, 3.8) is 0 Å². The second-order valence-corrected chi connectivity index (χ2v) is 6.49. The van der Waals surface area contributed by atoms with Gasteiger partial charge in [-0.1, -0.05) is 13.0 Å². The quantitative estimate of drug-likeness (QED) is 0.926. The number of carbonyl (C=O) groups excluding carboxylic acids is 1. The molecule has 0 unspecified atom stereocenters. The summed E-state index contributed by atoms with van der Waals surface area (Å²) in [6.07, 6.45) is -0.963. The molecule has 0 aliphatic carbocycles. The Hall–Kier alpha value is -2.47. The van der Waals surface area contributed by atoms with Crippen LogP contribution < -0.4 is 10.5 Å². The summed E-state index contributed by atoms with van der Waals surface area (Å²) in [5, 5.41) is 0. The van der Waals surface area contributed by atoms with Crippen molar-refractivity contribution in [2.75, 3.05) is 13.1 Å². The van der Waals surface area contributed by atoms with Crippen LogP contribution >= 0.6 is 0 Å². The van der Waals surface area contributed by atoms with Gasteiger partial charge in [-0.25, -0.2) is 9.37 Å². The lowest BCUT2D eigenvalue weighted by Crippen LogP contribution is -2.29. The maximum atomic E-state index is 13.7. The summed E-state index contributed by atoms with van der Waals surface area (Å²) < 4.78 is 19.5. The third kappa shape index (κ3) is 3.96. The Morgan fingerprint density at radius 1 is 1.36 bits per heavy atom. The molecule has 0 radical (unpaired) electrons. The zero-order valence-corrected chi connectivity index (χ0v) is 14.4. The van der Waals surface area contributed by atoms with Crippen LogP contribution in [0.4, 0.5) is 4.39 Å². The van der Waals surface area contributed by atoms with Gasteiger partial charge in [0.1, 0.15) is 11.9 Å². The Morgan fingerprint density at radius 2 is 2.16 bits per heavy atom. The van der Waals surface area contributed by atoms with Gasteiger partial charge in [-0.2, -0.15) is 0 Å². The molecule has 2 atom stereocenters. The van der Waals surface area contributed by atoms with Gasteiger partial charge >= 0.3 is 0 Å². The number of nitrogens with zero attached hydrogens (tertiary/aromatic N) is 2. The van der Waals surface area contributed by atoms with Gasteiger partial charge in [0.25, 0.3) is 5.91 Å². The largest absolute Gasteiger partial charge is 0.439 e. The lowest BCUT2D eigenvalue weighted by molar-refractivity contribution is 0.0781. The molecule has 0 saturated carbocycles. The molecule has 1 amide bonds. The van der Waals surface area contributed by atoms with Crippen LogP contribution in [0.5, 0.6) is 11.6 Å². The van der Waals surface area contributed by atoms with Gasteiger partial charge in [0.2, 0.25) is 5.88 Å². The standard InChI is InChI=1S/C19H22FN3O2/c1-12-10-23(11-17(12)20)19(24)15-4-3-5-16(8-15)25-18-7-14(9-21)6-13(2)22-18/h3-8,12,17H,9-11,21H2,1-2H3/t12-,17-/m0/s1. The normalized spacial score (nSPS) is 19.9. The number of nitrogens with two attached hydrogens (primary N) is 1. The number of aromatic nitrogens is 1. The van der Waals surface area contributed by atoms with Crippen LogP contribution in [0.3, 0.4) is 0 Å². The highest BCUT2D eigenvalue weighted by Gasteiger charge is 2.32. The second-order valence-electron chi connectivity index (χ2n) is 6.49. The first kappa shape index (κ1) is 17.4. The maximum absolute atomic E-state index is 13.7. The fraction of sp³-hybridized carbons (Fsp3) is 0.368. The number of pyridine rings is 1. The molecule has 1 aliphatic rings. The summed E-state index contributed by atoms with van der Waals surface area (Å²) >= 11 is 0. The van der Waals surface area contributed by atoms with Crippen LogP contribution in [-0.2, 0) is 6.54 Å². The van der Waals surface area contributed by atoms with E-state index < -0.39 is 6.17 Å². The number of halogens is 1. The Labute approximate surface area is 146 Å². The van der Waals surface area contributed by atoms with Crippen LogP contribution in [0.25, 0.3) is 0 Å². The Kier molecular flexibility index (Phi) is 4.99. The van der Waals surface area contributed by atoms with E-state index >= 15 is 0 Å². The van der Waals surface area contributed by atoms with Crippen LogP contribution in [0, 0.1) is 12.8 Å². The highest BCUT2D eigenvalue weighted by Crippen LogP contribution is 2.25. The molecule has 5 nitrogen and oxygen atoms in total. The molecule has 0 spiro atoms. The number of carbonyl (C=O) groups is 1. The summed E-state index contributed by atoms with van der Waals surface area (Å²) in [4.78, 5) is 18.4. The molecule has 132 valence electrons. The van der Waals surface area contributed by atoms with Gasteiger partial charge in [-0.05, 0) is 36.8 Å². The molecule has 6 heteroatoms. The van der Waals surface area contributed by atoms with Crippen LogP contribution in [0.15, 0.2) is 36.4 Å². The molecule has 25 heavy (non-hydrogen) atoms. The molecular formula is C19H22FN3O2. The minimum atomic E-state index is -0.963. The first-order valence-corrected chi connectivity index (χ1v) is 8.35. The maximum Gasteiger partial charge on any atom is 0.254 e. The van der Waals surface area contributed by atoms with Crippen molar-refractivity contribution in [2.45, 2.75) is 26.6 Å². The number of likely N-dealkylation sites (tertiary alicyclic amines) is 1. The number of amides is 1. The van der Waals surface area contributed by atoms with Gasteiger partial charge in [-0.3, -0.25) is 4.79 Å². The van der Waals surface area contributed by atoms with Gasteiger partial charge in [0, 0.05) is 36.3 Å². The van der Waals surface area contributed by atoms with E-state index in [2.05, 4.69) is 4.98 Å². The number of hydrogen-bond acceptors (Lipinski definition) is 4. The summed E-state index contributed by atoms with van der Waals surface area (Å²) in [6.45, 7) is 4.66. The number of benzene rings is 1. The predicted octanol–water partition coefficient (Wildman–Crippen LogP) is 3.07. The Balaban J connectivity index is 1.78. The van der Waals surface area contributed by atoms with E-state index in [-0.39, 0.29) is 18.4 Å². The fourth-order valence-electron chi connectivity index (χ4n) is 2.97. The zero-order valence-electron chi connectivity index (χ0n) is 14.4. The van der Waals surface area contributed by atoms with Crippen molar-refractivity contribution in [3.05, 3.63) is 53.2 Å². The van der Waals surface area contributed by atoms with Crippen molar-refractivity contribution in [3.8, 4) is 11.6 Å². The van der Waals surface area contributed by atoms with E-state index in [4.69, 9.17) is 10.5 Å². The van der Waals surface area contributed by atoms with E-state index in [0.717, 1.165) is 11.3 Å². The van der Waals surface area contributed by atoms with Gasteiger partial charge in [0.05, 0.1) is 6.54 Å². The van der Waals surface area contributed by atoms with Gasteiger partial charge in [0.15, 0.2) is 0 Å². The Bertz CT molecular complexity index is 771. The predicted molar refractivity (Wildman–Crippen MR) is 93.3 cm³/mol. The average molecular weight is 343 g/mol. The Morgan fingerprint density at radius 3 is 2.84 bits per heavy atom. The van der Waals surface area contributed by atoms with Gasteiger partial charge < -0.3 is 15.4 Å². The second kappa shape index (κ2) is 7.19. The fourth-order valence-corrected chi connectivity index (χ4v) is 2.97. The zero-order chi connectivity index (χ0) is 18.0. The van der Waals surface area contributed by atoms with E-state index in [0.29, 0.717) is 30.3 Å². The number of alkyl halides is 1. The van der Waals surface area contributed by atoms with Crippen LogP contribution in [0.2, 0.25) is 0 Å². The van der Waals surface area contributed by atoms with E-state index in [1.807, 2.05) is 19.9 Å². The molecule has 1 saturated heterocycles. The number of ether oxygens (including phenoxy) is 1. The van der Waals surface area contributed by atoms with Crippen molar-refractivity contribution >= 4 is 5.91 Å². The first-order valence-electron chi connectivity index (χ1n) is 8.35. The minimum Gasteiger partial charge on any atom is -0.439 e. The lowest BCUT2D eigenvalue weighted by atomic mass is 10.1. The van der Waals surface area contributed by atoms with Crippen LogP contribution in [-0.4, -0.2) is 35.1 Å². The third-order valence-corrected chi connectivity index (χ3v) is 4.34. The summed E-state index contributed by atoms with van der Waals surface area (Å²) in [6, 6.07) is 10.5. The summed E-state index contributed by atoms with van der Waals surface area (Å²) in [5.41, 5.74) is 7.89. The molecule has 1 aromatic heterocycles. The van der Waals surface area contributed by atoms with E-state index in [9.17, 15) is 9.18 Å². The SMILES string of the molecule is Cc1cc(CN)cc(Oc2cccc(C(=O)N3C[C@H](C)[C@@H](F)C3)c2)n1. The molecule has 2 aromatic rings. The molecule has 1 aliphatic heterocycles. The molecule has 1 aromatic carbocycles. The van der Waals surface area contributed by atoms with E-state index in [1.54, 1.807) is 35.2 Å². The first-order chi connectivity index (χ1) is 12.0. The molecular weight excluding hydrogens is 321 g/mol. The molecule has 0 bridgehead atoms. The van der Waals surface area contributed by atoms with E-state index in [1.165, 1.54) is 0 Å². The monoisotopic (exact) mass is 343 g/mol. The number of hydrogen-bond donors (Lipinski definition) is 1. The van der Waals surface area contributed by atoms with Crippen molar-refractivity contribution < 1.29 is 13.9 Å². The minimum absolute atomic E-state index is 0.130. The molecule has 2 heterocycles. The summed E-state index contributed by atoms with van der Waals surface area (Å²) in [7, 11) is 0. The number of aryl methyl sites for hydroxylation is 1. The topological polar surface area (TPSA) is 68.5 Å². The van der Waals surface area contributed by atoms with Crippen molar-refractivity contribution in [2.24, 2.45) is 11.7 Å². The smallest absolute Gasteiger partial charge is 0.254 e. The molecule has 1 fully saturated rings. The van der Waals surface area contributed by atoms with Crippen molar-refractivity contribution in [1.29, 1.82) is 0 Å². The van der Waals surface area contributed by atoms with Crippen LogP contribution in [0.1, 0.15) is 28.5 Å². The van der Waals surface area contributed by atoms with Gasteiger partial charge in [-0.15, -0.1) is 0 Å². The molecule has 3 rings (SSSR count). The summed E-state index contributed by atoms with van der Waals surface area (Å²) in [5.74, 6) is 0.631. The third-order valence-electron chi connectivity index (χ3n) is 4.34.